The van der Waals surface area contributed by atoms with E-state index < -0.39 is 0 Å². The highest BCUT2D eigenvalue weighted by Gasteiger charge is 2.18. The Morgan fingerprint density at radius 1 is 1.06 bits per heavy atom. The van der Waals surface area contributed by atoms with Gasteiger partial charge in [0.15, 0.2) is 0 Å². The van der Waals surface area contributed by atoms with Crippen molar-refractivity contribution in [1.82, 2.24) is 5.32 Å². The van der Waals surface area contributed by atoms with Gasteiger partial charge in [0.1, 0.15) is 0 Å². The molecular weight excluding hydrogens is 218 g/mol. The molecule has 1 aliphatic rings. The molecule has 1 heteroatoms. The third-order valence-electron chi connectivity index (χ3n) is 4.18. The molecule has 100 valence electrons. The first kappa shape index (κ1) is 13.6. The molecule has 1 atom stereocenters. The fraction of sp³-hybridized carbons (Fsp3) is 0.647. The van der Waals surface area contributed by atoms with Crippen LogP contribution in [-0.2, 0) is 0 Å². The van der Waals surface area contributed by atoms with Crippen LogP contribution in [0.15, 0.2) is 30.3 Å². The lowest BCUT2D eigenvalue weighted by molar-refractivity contribution is 0.307. The Morgan fingerprint density at radius 3 is 2.33 bits per heavy atom. The molecule has 1 aromatic rings. The highest BCUT2D eigenvalue weighted by atomic mass is 14.9. The predicted molar refractivity (Wildman–Crippen MR) is 78.6 cm³/mol. The minimum atomic E-state index is 0.508. The normalized spacial score (nSPS) is 19.1. The summed E-state index contributed by atoms with van der Waals surface area (Å²) in [5.41, 5.74) is 1.43. The number of benzene rings is 1. The van der Waals surface area contributed by atoms with Crippen LogP contribution in [0.1, 0.15) is 57.6 Å². The average molecular weight is 245 g/mol. The highest BCUT2D eigenvalue weighted by Crippen LogP contribution is 2.26. The van der Waals surface area contributed by atoms with E-state index in [2.05, 4.69) is 49.5 Å². The minimum absolute atomic E-state index is 0.508. The smallest absolute Gasteiger partial charge is 0.0343 e. The van der Waals surface area contributed by atoms with Gasteiger partial charge >= 0.3 is 0 Å². The van der Waals surface area contributed by atoms with Crippen molar-refractivity contribution in [3.63, 3.8) is 0 Å². The first-order chi connectivity index (χ1) is 8.77. The quantitative estimate of drug-likeness (QED) is 0.802. The number of hydrogen-bond donors (Lipinski definition) is 1. The van der Waals surface area contributed by atoms with Crippen molar-refractivity contribution in [3.05, 3.63) is 35.9 Å². The van der Waals surface area contributed by atoms with Gasteiger partial charge < -0.3 is 5.32 Å². The SMILES string of the molecule is CC(C)C(NCC1CCCCC1)c1ccccc1. The molecule has 1 aromatic carbocycles. The van der Waals surface area contributed by atoms with Crippen LogP contribution in [-0.4, -0.2) is 6.54 Å². The van der Waals surface area contributed by atoms with Gasteiger partial charge in [0.2, 0.25) is 0 Å². The van der Waals surface area contributed by atoms with Crippen molar-refractivity contribution >= 4 is 0 Å². The van der Waals surface area contributed by atoms with E-state index in [0.29, 0.717) is 12.0 Å². The van der Waals surface area contributed by atoms with Crippen LogP contribution in [0.4, 0.5) is 0 Å². The fourth-order valence-corrected chi connectivity index (χ4v) is 3.08. The first-order valence-electron chi connectivity index (χ1n) is 7.55. The minimum Gasteiger partial charge on any atom is -0.309 e. The molecule has 1 aliphatic carbocycles. The van der Waals surface area contributed by atoms with Crippen LogP contribution < -0.4 is 5.32 Å². The van der Waals surface area contributed by atoms with Gasteiger partial charge in [0.05, 0.1) is 0 Å². The lowest BCUT2D eigenvalue weighted by Gasteiger charge is -2.28. The second-order valence-corrected chi connectivity index (χ2v) is 6.04. The highest BCUT2D eigenvalue weighted by molar-refractivity contribution is 5.19. The Bertz CT molecular complexity index is 325. The van der Waals surface area contributed by atoms with E-state index in [1.807, 2.05) is 0 Å². The second kappa shape index (κ2) is 6.94. The standard InChI is InChI=1S/C17H27N/c1-14(2)17(16-11-7-4-8-12-16)18-13-15-9-5-3-6-10-15/h4,7-8,11-12,14-15,17-18H,3,5-6,9-10,13H2,1-2H3. The second-order valence-electron chi connectivity index (χ2n) is 6.04. The third-order valence-corrected chi connectivity index (χ3v) is 4.18. The molecule has 0 amide bonds. The Kier molecular flexibility index (Phi) is 5.25. The Balaban J connectivity index is 1.90. The zero-order valence-electron chi connectivity index (χ0n) is 11.9. The Hall–Kier alpha value is -0.820. The summed E-state index contributed by atoms with van der Waals surface area (Å²) >= 11 is 0. The number of rotatable bonds is 5. The fourth-order valence-electron chi connectivity index (χ4n) is 3.08. The van der Waals surface area contributed by atoms with Crippen molar-refractivity contribution in [2.45, 2.75) is 52.0 Å². The van der Waals surface area contributed by atoms with Crippen LogP contribution in [0.3, 0.4) is 0 Å². The molecule has 0 spiro atoms. The molecular formula is C17H27N. The largest absolute Gasteiger partial charge is 0.309 e. The summed E-state index contributed by atoms with van der Waals surface area (Å²) in [7, 11) is 0. The molecule has 18 heavy (non-hydrogen) atoms. The van der Waals surface area contributed by atoms with Crippen molar-refractivity contribution < 1.29 is 0 Å². The lowest BCUT2D eigenvalue weighted by atomic mass is 9.88. The van der Waals surface area contributed by atoms with E-state index >= 15 is 0 Å². The van der Waals surface area contributed by atoms with Crippen LogP contribution in [0.5, 0.6) is 0 Å². The summed E-state index contributed by atoms with van der Waals surface area (Å²) in [6.45, 7) is 5.81. The first-order valence-corrected chi connectivity index (χ1v) is 7.55. The van der Waals surface area contributed by atoms with Gasteiger partial charge in [-0.05, 0) is 36.8 Å². The third kappa shape index (κ3) is 3.84. The summed E-state index contributed by atoms with van der Waals surface area (Å²) < 4.78 is 0. The maximum Gasteiger partial charge on any atom is 0.0343 e. The van der Waals surface area contributed by atoms with Crippen LogP contribution in [0, 0.1) is 11.8 Å². The van der Waals surface area contributed by atoms with Gasteiger partial charge in [0, 0.05) is 6.04 Å². The van der Waals surface area contributed by atoms with Crippen molar-refractivity contribution in [2.75, 3.05) is 6.54 Å². The van der Waals surface area contributed by atoms with E-state index in [4.69, 9.17) is 0 Å². The summed E-state index contributed by atoms with van der Waals surface area (Å²) in [6.07, 6.45) is 7.16. The molecule has 1 N–H and O–H groups in total. The molecule has 1 saturated carbocycles. The zero-order chi connectivity index (χ0) is 12.8. The van der Waals surface area contributed by atoms with E-state index in [1.165, 1.54) is 44.2 Å². The van der Waals surface area contributed by atoms with E-state index in [9.17, 15) is 0 Å². The van der Waals surface area contributed by atoms with Gasteiger partial charge in [-0.3, -0.25) is 0 Å². The van der Waals surface area contributed by atoms with Gasteiger partial charge in [-0.15, -0.1) is 0 Å². The van der Waals surface area contributed by atoms with Crippen LogP contribution in [0.2, 0.25) is 0 Å². The van der Waals surface area contributed by atoms with Crippen molar-refractivity contribution in [1.29, 1.82) is 0 Å². The summed E-state index contributed by atoms with van der Waals surface area (Å²) in [6, 6.07) is 11.4. The molecule has 1 fully saturated rings. The van der Waals surface area contributed by atoms with Gasteiger partial charge in [-0.25, -0.2) is 0 Å². The summed E-state index contributed by atoms with van der Waals surface area (Å²) in [4.78, 5) is 0. The number of nitrogens with one attached hydrogen (secondary N) is 1. The zero-order valence-corrected chi connectivity index (χ0v) is 11.9. The maximum atomic E-state index is 3.81. The molecule has 0 saturated heterocycles. The molecule has 2 rings (SSSR count). The molecule has 0 radical (unpaired) electrons. The van der Waals surface area contributed by atoms with Crippen LogP contribution in [0.25, 0.3) is 0 Å². The molecule has 1 unspecified atom stereocenters. The molecule has 0 heterocycles. The molecule has 0 aliphatic heterocycles. The molecule has 0 aromatic heterocycles. The van der Waals surface area contributed by atoms with Gasteiger partial charge in [-0.2, -0.15) is 0 Å². The maximum absolute atomic E-state index is 3.81. The van der Waals surface area contributed by atoms with E-state index in [0.717, 1.165) is 5.92 Å². The monoisotopic (exact) mass is 245 g/mol. The lowest BCUT2D eigenvalue weighted by Crippen LogP contribution is -2.31. The predicted octanol–water partition coefficient (Wildman–Crippen LogP) is 4.55. The Labute approximate surface area is 112 Å². The van der Waals surface area contributed by atoms with Crippen molar-refractivity contribution in [3.8, 4) is 0 Å². The molecule has 0 bridgehead atoms. The average Bonchev–Trinajstić information content (AvgIpc) is 2.41. The van der Waals surface area contributed by atoms with Crippen molar-refractivity contribution in [2.24, 2.45) is 11.8 Å². The molecule has 1 nitrogen and oxygen atoms in total. The van der Waals surface area contributed by atoms with E-state index in [-0.39, 0.29) is 0 Å². The topological polar surface area (TPSA) is 12.0 Å². The van der Waals surface area contributed by atoms with Gasteiger partial charge in [-0.1, -0.05) is 63.4 Å². The van der Waals surface area contributed by atoms with Gasteiger partial charge in [0.25, 0.3) is 0 Å². The van der Waals surface area contributed by atoms with E-state index in [1.54, 1.807) is 0 Å². The Morgan fingerprint density at radius 2 is 1.72 bits per heavy atom. The summed E-state index contributed by atoms with van der Waals surface area (Å²) in [5.74, 6) is 1.56. The number of hydrogen-bond acceptors (Lipinski definition) is 1. The summed E-state index contributed by atoms with van der Waals surface area (Å²) in [5, 5.41) is 3.81. The van der Waals surface area contributed by atoms with Crippen LogP contribution >= 0.6 is 0 Å².